The van der Waals surface area contributed by atoms with E-state index >= 15 is 0 Å². The molecular weight excluding hydrogens is 650 g/mol. The van der Waals surface area contributed by atoms with Crippen molar-refractivity contribution in [1.82, 2.24) is 4.90 Å². The first-order valence-corrected chi connectivity index (χ1v) is 19.0. The Morgan fingerprint density at radius 2 is 1.69 bits per heavy atom. The molecule has 1 saturated carbocycles. The average Bonchev–Trinajstić information content (AvgIpc) is 3.89. The van der Waals surface area contributed by atoms with E-state index in [4.69, 9.17) is 18.9 Å². The van der Waals surface area contributed by atoms with E-state index in [2.05, 4.69) is 13.8 Å². The van der Waals surface area contributed by atoms with Gasteiger partial charge in [-0.25, -0.2) is 4.79 Å². The van der Waals surface area contributed by atoms with Crippen LogP contribution < -0.4 is 14.5 Å². The summed E-state index contributed by atoms with van der Waals surface area (Å²) in [7, 11) is 3.36. The maximum absolute atomic E-state index is 14.6. The normalized spacial score (nSPS) is 20.9. The molecular formula is C40H63N3O8. The van der Waals surface area contributed by atoms with Crippen LogP contribution in [0.3, 0.4) is 0 Å². The molecule has 286 valence electrons. The third-order valence-electron chi connectivity index (χ3n) is 9.99. The van der Waals surface area contributed by atoms with Crippen molar-refractivity contribution in [3.05, 3.63) is 18.2 Å². The predicted molar refractivity (Wildman–Crippen MR) is 198 cm³/mol. The first kappa shape index (κ1) is 40.6. The maximum atomic E-state index is 14.6. The zero-order chi connectivity index (χ0) is 37.5. The number of carbonyl (C=O) groups excluding carboxylic acids is 4. The summed E-state index contributed by atoms with van der Waals surface area (Å²) >= 11 is 0. The molecule has 11 nitrogen and oxygen atoms in total. The van der Waals surface area contributed by atoms with Gasteiger partial charge in [-0.15, -0.1) is 0 Å². The van der Waals surface area contributed by atoms with Crippen LogP contribution in [0.25, 0.3) is 0 Å². The molecule has 11 heteroatoms. The van der Waals surface area contributed by atoms with Crippen LogP contribution >= 0.6 is 0 Å². The van der Waals surface area contributed by atoms with E-state index in [0.29, 0.717) is 68.0 Å². The van der Waals surface area contributed by atoms with Gasteiger partial charge in [0.2, 0.25) is 5.91 Å². The van der Waals surface area contributed by atoms with Crippen LogP contribution in [0.5, 0.6) is 5.75 Å². The highest BCUT2D eigenvalue weighted by Crippen LogP contribution is 2.43. The first-order chi connectivity index (χ1) is 24.0. The first-order valence-electron chi connectivity index (χ1n) is 19.0. The third kappa shape index (κ3) is 11.2. The Morgan fingerprint density at radius 3 is 2.31 bits per heavy atom. The number of ether oxygens (including phenoxy) is 4. The number of ketones is 1. The van der Waals surface area contributed by atoms with Crippen LogP contribution in [-0.2, 0) is 28.6 Å². The molecule has 0 bridgehead atoms. The summed E-state index contributed by atoms with van der Waals surface area (Å²) in [6, 6.07) is 5.59. The fourth-order valence-electron chi connectivity index (χ4n) is 7.43. The van der Waals surface area contributed by atoms with Gasteiger partial charge in [0.25, 0.3) is 5.91 Å². The zero-order valence-electron chi connectivity index (χ0n) is 32.6. The number of hydrogen-bond donors (Lipinski definition) is 0. The summed E-state index contributed by atoms with van der Waals surface area (Å²) < 4.78 is 22.5. The SMILES string of the molecule is COCCCN1C(=O)C(C)(C)Oc2ccc(N(C(=O)[C@@H]3C[C@H](C(=O)CCCC(CCOC)CC(C)C)CN(C(=O)OC(C)(C)C)C3)C3CC3)cc21. The summed E-state index contributed by atoms with van der Waals surface area (Å²) in [6.07, 6.45) is 6.41. The van der Waals surface area contributed by atoms with Gasteiger partial charge in [0, 0.05) is 71.1 Å². The lowest BCUT2D eigenvalue weighted by atomic mass is 9.83. The molecule has 0 spiro atoms. The molecule has 0 radical (unpaired) electrons. The van der Waals surface area contributed by atoms with E-state index < -0.39 is 29.1 Å². The molecule has 3 atom stereocenters. The molecule has 0 N–H and O–H groups in total. The minimum atomic E-state index is -1.03. The van der Waals surface area contributed by atoms with Crippen LogP contribution in [0.2, 0.25) is 0 Å². The monoisotopic (exact) mass is 713 g/mol. The Morgan fingerprint density at radius 1 is 1.00 bits per heavy atom. The third-order valence-corrected chi connectivity index (χ3v) is 9.99. The fourth-order valence-corrected chi connectivity index (χ4v) is 7.43. The van der Waals surface area contributed by atoms with Crippen molar-refractivity contribution in [3.8, 4) is 5.75 Å². The van der Waals surface area contributed by atoms with Crippen molar-refractivity contribution in [2.75, 3.05) is 56.9 Å². The molecule has 3 aliphatic rings. The predicted octanol–water partition coefficient (Wildman–Crippen LogP) is 7.03. The molecule has 2 heterocycles. The Labute approximate surface area is 305 Å². The number of carbonyl (C=O) groups is 4. The lowest BCUT2D eigenvalue weighted by Gasteiger charge is -2.40. The van der Waals surface area contributed by atoms with Gasteiger partial charge in [-0.2, -0.15) is 0 Å². The molecule has 0 aromatic heterocycles. The minimum Gasteiger partial charge on any atom is -0.476 e. The Kier molecular flexibility index (Phi) is 14.0. The van der Waals surface area contributed by atoms with Gasteiger partial charge >= 0.3 is 6.09 Å². The average molecular weight is 714 g/mol. The summed E-state index contributed by atoms with van der Waals surface area (Å²) in [4.78, 5) is 60.5. The lowest BCUT2D eigenvalue weighted by Crippen LogP contribution is -2.53. The number of methoxy groups -OCH3 is 2. The van der Waals surface area contributed by atoms with Gasteiger partial charge in [0.1, 0.15) is 17.1 Å². The Hall–Kier alpha value is -3.18. The van der Waals surface area contributed by atoms with Crippen LogP contribution in [0, 0.1) is 23.7 Å². The number of amides is 3. The molecule has 51 heavy (non-hydrogen) atoms. The smallest absolute Gasteiger partial charge is 0.410 e. The number of hydrogen-bond acceptors (Lipinski definition) is 8. The number of likely N-dealkylation sites (tertiary alicyclic amines) is 1. The van der Waals surface area contributed by atoms with Gasteiger partial charge < -0.3 is 33.6 Å². The number of piperidine rings is 1. The number of rotatable bonds is 17. The Bertz CT molecular complexity index is 1370. The van der Waals surface area contributed by atoms with E-state index in [1.807, 2.05) is 43.9 Å². The highest BCUT2D eigenvalue weighted by atomic mass is 16.6. The van der Waals surface area contributed by atoms with Crippen molar-refractivity contribution in [2.45, 2.75) is 123 Å². The molecule has 2 fully saturated rings. The molecule has 1 unspecified atom stereocenters. The summed E-state index contributed by atoms with van der Waals surface area (Å²) in [6.45, 7) is 15.5. The van der Waals surface area contributed by atoms with Crippen LogP contribution in [0.15, 0.2) is 18.2 Å². The van der Waals surface area contributed by atoms with E-state index in [1.165, 1.54) is 0 Å². The number of Topliss-reactive ketones (excluding diaryl/α,β-unsaturated/α-hetero) is 1. The molecule has 3 amide bonds. The second kappa shape index (κ2) is 17.6. The second-order valence-corrected chi connectivity index (χ2v) is 16.7. The maximum Gasteiger partial charge on any atom is 0.410 e. The molecule has 4 rings (SSSR count). The number of fused-ring (bicyclic) bond motifs is 1. The largest absolute Gasteiger partial charge is 0.476 e. The van der Waals surface area contributed by atoms with Crippen LogP contribution in [0.4, 0.5) is 16.2 Å². The molecule has 2 aliphatic heterocycles. The highest BCUT2D eigenvalue weighted by molar-refractivity contribution is 6.04. The van der Waals surface area contributed by atoms with Crippen molar-refractivity contribution in [1.29, 1.82) is 0 Å². The topological polar surface area (TPSA) is 115 Å². The summed E-state index contributed by atoms with van der Waals surface area (Å²) in [5, 5.41) is 0. The van der Waals surface area contributed by atoms with Gasteiger partial charge in [0.05, 0.1) is 11.6 Å². The quantitative estimate of drug-likeness (QED) is 0.158. The van der Waals surface area contributed by atoms with Gasteiger partial charge in [-0.3, -0.25) is 14.4 Å². The van der Waals surface area contributed by atoms with E-state index in [-0.39, 0.29) is 36.7 Å². The standard InChI is InChI=1S/C40H63N3O8/c1-27(2)22-28(18-21-49-9)12-10-13-34(44)29-23-30(26-41(25-29)38(47)51-39(3,4)5)36(45)43(31-14-15-31)32-16-17-35-33(24-32)42(19-11-20-48-8)37(46)40(6,7)50-35/h16-17,24,27-31H,10-15,18-23,25-26H2,1-9H3/t28?,29-,30+/m0/s1. The second-order valence-electron chi connectivity index (χ2n) is 16.7. The van der Waals surface area contributed by atoms with E-state index in [9.17, 15) is 19.2 Å². The fraction of sp³-hybridized carbons (Fsp3) is 0.750. The minimum absolute atomic E-state index is 0.00480. The number of nitrogens with zero attached hydrogens (tertiary/aromatic N) is 3. The van der Waals surface area contributed by atoms with Gasteiger partial charge in [0.15, 0.2) is 5.60 Å². The molecule has 1 saturated heterocycles. The number of benzene rings is 1. The number of anilines is 2. The molecule has 1 aliphatic carbocycles. The molecule has 1 aromatic rings. The van der Waals surface area contributed by atoms with Gasteiger partial charge in [-0.1, -0.05) is 13.8 Å². The van der Waals surface area contributed by atoms with Crippen molar-refractivity contribution >= 4 is 35.1 Å². The Balaban J connectivity index is 1.57. The van der Waals surface area contributed by atoms with Crippen LogP contribution in [-0.4, -0.2) is 92.9 Å². The highest BCUT2D eigenvalue weighted by Gasteiger charge is 2.45. The summed E-state index contributed by atoms with van der Waals surface area (Å²) in [5.74, 6) is 0.423. The van der Waals surface area contributed by atoms with Crippen molar-refractivity contribution in [2.24, 2.45) is 23.7 Å². The van der Waals surface area contributed by atoms with E-state index in [1.54, 1.807) is 37.9 Å². The molecule has 1 aromatic carbocycles. The van der Waals surface area contributed by atoms with Crippen molar-refractivity contribution in [3.63, 3.8) is 0 Å². The van der Waals surface area contributed by atoms with Crippen LogP contribution in [0.1, 0.15) is 106 Å². The van der Waals surface area contributed by atoms with E-state index in [0.717, 1.165) is 38.5 Å². The summed E-state index contributed by atoms with van der Waals surface area (Å²) in [5.41, 5.74) is -0.437. The zero-order valence-corrected chi connectivity index (χ0v) is 32.6. The lowest BCUT2D eigenvalue weighted by molar-refractivity contribution is -0.132. The van der Waals surface area contributed by atoms with Gasteiger partial charge in [-0.05, 0) is 116 Å². The van der Waals surface area contributed by atoms with Crippen molar-refractivity contribution < 1.29 is 38.1 Å².